The molecule has 1 aliphatic carbocycles. The van der Waals surface area contributed by atoms with Crippen LogP contribution in [0.15, 0.2) is 24.3 Å². The molecule has 0 nitrogen and oxygen atoms in total. The van der Waals surface area contributed by atoms with Gasteiger partial charge in [0.15, 0.2) is 0 Å². The Bertz CT molecular complexity index is 344. The summed E-state index contributed by atoms with van der Waals surface area (Å²) < 4.78 is 0. The predicted octanol–water partition coefficient (Wildman–Crippen LogP) is 5.56. The van der Waals surface area contributed by atoms with Crippen LogP contribution in [-0.4, -0.2) is 10.1 Å². The first-order valence-electron chi connectivity index (χ1n) is 6.06. The maximum Gasteiger partial charge on any atom is 0.0132 e. The molecule has 0 atom stereocenters. The van der Waals surface area contributed by atoms with E-state index in [2.05, 4.69) is 41.5 Å². The van der Waals surface area contributed by atoms with Gasteiger partial charge in [0, 0.05) is 36.0 Å². The summed E-state index contributed by atoms with van der Waals surface area (Å²) in [5, 5.41) is 3.35. The molecule has 0 N–H and O–H groups in total. The second-order valence-electron chi connectivity index (χ2n) is 6.33. The van der Waals surface area contributed by atoms with Crippen LogP contribution in [0.5, 0.6) is 0 Å². The summed E-state index contributed by atoms with van der Waals surface area (Å²) in [6.45, 7) is 13.8. The van der Waals surface area contributed by atoms with Gasteiger partial charge in [0.1, 0.15) is 0 Å². The largest absolute Gasteiger partial charge is 0.0767 e. The van der Waals surface area contributed by atoms with E-state index in [1.165, 1.54) is 16.4 Å². The first-order chi connectivity index (χ1) is 7.71. The van der Waals surface area contributed by atoms with Crippen molar-refractivity contribution in [1.82, 2.24) is 0 Å². The van der Waals surface area contributed by atoms with Gasteiger partial charge in [-0.2, -0.15) is 0 Å². The van der Waals surface area contributed by atoms with E-state index in [-0.39, 0.29) is 19.5 Å². The Labute approximate surface area is 129 Å². The van der Waals surface area contributed by atoms with Crippen LogP contribution in [0, 0.1) is 17.3 Å². The molecule has 2 radical (unpaired) electrons. The summed E-state index contributed by atoms with van der Waals surface area (Å²) >= 11 is 0. The molecule has 0 aromatic rings. The average molecular weight is 368 g/mol. The maximum absolute atomic E-state index is 2.31. The SMILES string of the molecule is CC(C)(C)C1=PC(C(C)(C)C)=P1.[CH]1C=CC=C1.[Rh]. The topological polar surface area (TPSA) is 0 Å². The van der Waals surface area contributed by atoms with Gasteiger partial charge in [-0.1, -0.05) is 82.3 Å². The van der Waals surface area contributed by atoms with E-state index in [1.54, 1.807) is 10.1 Å². The van der Waals surface area contributed by atoms with Gasteiger partial charge < -0.3 is 0 Å². The maximum atomic E-state index is 2.31. The second kappa shape index (κ2) is 7.29. The van der Waals surface area contributed by atoms with Crippen molar-refractivity contribution in [2.45, 2.75) is 41.5 Å². The van der Waals surface area contributed by atoms with Gasteiger partial charge >= 0.3 is 0 Å². The van der Waals surface area contributed by atoms with Crippen LogP contribution in [0.3, 0.4) is 0 Å². The van der Waals surface area contributed by atoms with Crippen molar-refractivity contribution in [2.24, 2.45) is 10.8 Å². The molecule has 2 rings (SSSR count). The molecule has 102 valence electrons. The molecule has 0 spiro atoms. The molecule has 3 heteroatoms. The Balaban J connectivity index is 0.000000405. The van der Waals surface area contributed by atoms with Gasteiger partial charge in [-0.15, -0.1) is 0 Å². The van der Waals surface area contributed by atoms with E-state index in [9.17, 15) is 0 Å². The summed E-state index contributed by atoms with van der Waals surface area (Å²) in [7, 11) is 3.04. The first-order valence-corrected chi connectivity index (χ1v) is 7.85. The molecular weight excluding hydrogens is 345 g/mol. The first kappa shape index (κ1) is 18.4. The fourth-order valence-corrected chi connectivity index (χ4v) is 3.85. The van der Waals surface area contributed by atoms with Crippen molar-refractivity contribution in [1.29, 1.82) is 0 Å². The van der Waals surface area contributed by atoms with Crippen LogP contribution in [-0.2, 0) is 19.5 Å². The Morgan fingerprint density at radius 3 is 1.17 bits per heavy atom. The zero-order valence-electron chi connectivity index (χ0n) is 12.1. The minimum atomic E-state index is 0. The molecule has 0 fully saturated rings. The average Bonchev–Trinajstić information content (AvgIpc) is 2.48. The zero-order valence-corrected chi connectivity index (χ0v) is 15.5. The molecule has 0 bridgehead atoms. The van der Waals surface area contributed by atoms with Crippen LogP contribution in [0.1, 0.15) is 41.5 Å². The minimum Gasteiger partial charge on any atom is -0.0767 e. The monoisotopic (exact) mass is 368 g/mol. The Morgan fingerprint density at radius 1 is 0.667 bits per heavy atom. The van der Waals surface area contributed by atoms with E-state index in [0.717, 1.165) is 0 Å². The fraction of sp³-hybridized carbons (Fsp3) is 0.533. The standard InChI is InChI=1S/C10H18P2.C5H5.Rh/c1-9(2,3)7-11-8(12-7)10(4,5)6;1-2-4-5-3-1;/h1-6H3;1-5H;. The van der Waals surface area contributed by atoms with E-state index in [1.807, 2.05) is 30.7 Å². The van der Waals surface area contributed by atoms with E-state index in [0.29, 0.717) is 10.8 Å². The second-order valence-corrected chi connectivity index (χ2v) is 9.27. The fourth-order valence-electron chi connectivity index (χ4n) is 1.20. The van der Waals surface area contributed by atoms with E-state index >= 15 is 0 Å². The van der Waals surface area contributed by atoms with Gasteiger partial charge in [0.05, 0.1) is 0 Å². The van der Waals surface area contributed by atoms with Crippen LogP contribution in [0.25, 0.3) is 0 Å². The van der Waals surface area contributed by atoms with E-state index in [4.69, 9.17) is 0 Å². The van der Waals surface area contributed by atoms with Crippen LogP contribution < -0.4 is 0 Å². The Morgan fingerprint density at radius 2 is 1.00 bits per heavy atom. The van der Waals surface area contributed by atoms with Crippen molar-refractivity contribution in [2.75, 3.05) is 0 Å². The van der Waals surface area contributed by atoms with Gasteiger partial charge in [-0.05, 0) is 10.8 Å². The molecular formula is C15H23P2Rh. The van der Waals surface area contributed by atoms with Crippen LogP contribution in [0.2, 0.25) is 0 Å². The predicted molar refractivity (Wildman–Crippen MR) is 85.3 cm³/mol. The number of allylic oxidation sites excluding steroid dienone is 4. The normalized spacial score (nSPS) is 18.8. The Kier molecular flexibility index (Phi) is 7.47. The van der Waals surface area contributed by atoms with E-state index < -0.39 is 0 Å². The molecule has 1 aliphatic heterocycles. The van der Waals surface area contributed by atoms with Gasteiger partial charge in [0.2, 0.25) is 0 Å². The number of hydrogen-bond donors (Lipinski definition) is 0. The van der Waals surface area contributed by atoms with Crippen molar-refractivity contribution in [3.63, 3.8) is 0 Å². The number of hydrogen-bond acceptors (Lipinski definition) is 0. The van der Waals surface area contributed by atoms with Crippen molar-refractivity contribution < 1.29 is 19.5 Å². The third kappa shape index (κ3) is 6.06. The third-order valence-corrected chi connectivity index (χ3v) is 7.05. The third-order valence-electron chi connectivity index (χ3n) is 2.32. The molecule has 18 heavy (non-hydrogen) atoms. The Hall–Kier alpha value is 0.443. The molecule has 0 saturated heterocycles. The van der Waals surface area contributed by atoms with Gasteiger partial charge in [-0.25, -0.2) is 0 Å². The summed E-state index contributed by atoms with van der Waals surface area (Å²) in [4.78, 5) is 0. The zero-order chi connectivity index (χ0) is 13.1. The van der Waals surface area contributed by atoms with Crippen molar-refractivity contribution >= 4 is 26.5 Å². The molecule has 0 unspecified atom stereocenters. The minimum absolute atomic E-state index is 0. The van der Waals surface area contributed by atoms with Gasteiger partial charge in [-0.3, -0.25) is 0 Å². The molecule has 0 aromatic heterocycles. The molecule has 1 heterocycles. The molecule has 2 aliphatic rings. The summed E-state index contributed by atoms with van der Waals surface area (Å²) in [6, 6.07) is 0. The van der Waals surface area contributed by atoms with Crippen molar-refractivity contribution in [3.05, 3.63) is 30.7 Å². The summed E-state index contributed by atoms with van der Waals surface area (Å²) in [5.74, 6) is 0. The quantitative estimate of drug-likeness (QED) is 0.388. The smallest absolute Gasteiger partial charge is 0.0132 e. The van der Waals surface area contributed by atoms with Crippen molar-refractivity contribution in [3.8, 4) is 0 Å². The molecule has 0 amide bonds. The summed E-state index contributed by atoms with van der Waals surface area (Å²) in [5.41, 5.74) is 0.829. The summed E-state index contributed by atoms with van der Waals surface area (Å²) in [6.07, 6.45) is 10.0. The van der Waals surface area contributed by atoms with Gasteiger partial charge in [0.25, 0.3) is 0 Å². The number of rotatable bonds is 0. The molecule has 0 saturated carbocycles. The van der Waals surface area contributed by atoms with Crippen LogP contribution in [0.4, 0.5) is 0 Å². The molecule has 0 aromatic carbocycles. The van der Waals surface area contributed by atoms with Crippen LogP contribution >= 0.6 is 16.4 Å².